The minimum absolute atomic E-state index is 0.0109. The van der Waals surface area contributed by atoms with E-state index in [9.17, 15) is 116 Å². The smallest absolute Gasteiger partial charge is 0.394 e. The monoisotopic (exact) mass is 1880 g/mol. The molecule has 0 aromatic carbocycles. The number of aromatic nitrogens is 12. The molecular formula is C63H86N15O42P5. The normalized spacial score (nSPS) is 32.5. The summed E-state index contributed by atoms with van der Waals surface area (Å²) < 4.78 is 177. The third-order valence-corrected chi connectivity index (χ3v) is 25.6. The Hall–Kier alpha value is -7.89. The Bertz CT molecular complexity index is 5770. The molecule has 28 atom stereocenters. The van der Waals surface area contributed by atoms with Crippen molar-refractivity contribution in [1.82, 2.24) is 57.3 Å². The number of rotatable bonds is 35. The van der Waals surface area contributed by atoms with Crippen LogP contribution < -0.4 is 68.0 Å². The minimum atomic E-state index is -5.71. The van der Waals surface area contributed by atoms with Crippen LogP contribution in [0.15, 0.2) is 98.5 Å². The molecule has 7 fully saturated rings. The molecule has 0 bridgehead atoms. The number of hydrogen-bond donors (Lipinski definition) is 16. The van der Waals surface area contributed by atoms with E-state index in [0.717, 1.165) is 70.5 Å². The Kier molecular flexibility index (Phi) is 29.1. The Labute approximate surface area is 697 Å². The lowest BCUT2D eigenvalue weighted by Crippen LogP contribution is -2.59. The molecule has 0 spiro atoms. The molecule has 19 N–H and O–H groups in total. The second kappa shape index (κ2) is 38.4. The summed E-state index contributed by atoms with van der Waals surface area (Å²) in [5.41, 5.74) is 8.39. The fourth-order valence-electron chi connectivity index (χ4n) is 14.3. The summed E-state index contributed by atoms with van der Waals surface area (Å²) in [4.78, 5) is 190. The lowest BCUT2D eigenvalue weighted by Gasteiger charge is -2.40. The Morgan fingerprint density at radius 2 is 0.640 bits per heavy atom. The molecule has 7 saturated heterocycles. The summed E-state index contributed by atoms with van der Waals surface area (Å²) in [6.07, 6.45) is -34.8. The number of phosphoric acid groups is 5. The van der Waals surface area contributed by atoms with Crippen molar-refractivity contribution in [2.45, 2.75) is 201 Å². The first-order valence-electron chi connectivity index (χ1n) is 37.6. The quantitative estimate of drug-likeness (QED) is 0.0165. The van der Waals surface area contributed by atoms with Gasteiger partial charge in [0, 0.05) is 92.4 Å². The molecule has 125 heavy (non-hydrogen) atoms. The van der Waals surface area contributed by atoms with E-state index in [2.05, 4.69) is 24.9 Å². The lowest BCUT2D eigenvalue weighted by molar-refractivity contribution is -0.306. The molecule has 62 heteroatoms. The summed E-state index contributed by atoms with van der Waals surface area (Å²) in [6.45, 7) is -3.20. The van der Waals surface area contributed by atoms with Crippen molar-refractivity contribution < 1.29 is 156 Å². The predicted molar refractivity (Wildman–Crippen MR) is 407 cm³/mol. The number of nitrogens with zero attached hydrogens (tertiary/aromatic N) is 9. The highest BCUT2D eigenvalue weighted by Crippen LogP contribution is 2.56. The number of nitrogens with two attached hydrogens (primary N) is 3. The molecule has 0 amide bonds. The average Bonchev–Trinajstić information content (AvgIpc) is 1.72. The number of aliphatic hydroxyl groups excluding tert-OH is 5. The molecule has 7 aliphatic heterocycles. The van der Waals surface area contributed by atoms with Gasteiger partial charge in [-0.05, 0) is 39.0 Å². The molecule has 0 aliphatic carbocycles. The van der Waals surface area contributed by atoms with Crippen molar-refractivity contribution in [2.75, 3.05) is 63.4 Å². The second-order valence-corrected chi connectivity index (χ2v) is 36.4. The summed E-state index contributed by atoms with van der Waals surface area (Å²) in [5, 5.41) is 52.0. The number of hydrogen-bond acceptors (Lipinski definition) is 43. The van der Waals surface area contributed by atoms with Gasteiger partial charge in [-0.2, -0.15) is 15.0 Å². The van der Waals surface area contributed by atoms with Crippen LogP contribution in [0.5, 0.6) is 0 Å². The zero-order chi connectivity index (χ0) is 90.4. The summed E-state index contributed by atoms with van der Waals surface area (Å²) >= 11 is 0. The maximum Gasteiger partial charge on any atom is 0.472 e. The highest BCUT2D eigenvalue weighted by atomic mass is 31.2. The number of ether oxygens (including phenoxy) is 8. The molecule has 13 heterocycles. The number of phosphoric ester groups is 5. The molecule has 0 saturated carbocycles. The molecule has 6 aromatic heterocycles. The van der Waals surface area contributed by atoms with Crippen LogP contribution in [0.1, 0.15) is 92.6 Å². The van der Waals surface area contributed by atoms with Gasteiger partial charge >= 0.3 is 73.3 Å². The molecule has 690 valence electrons. The highest BCUT2D eigenvalue weighted by Gasteiger charge is 2.53. The number of aliphatic hydroxyl groups is 5. The molecular weight excluding hydrogens is 1790 g/mol. The molecule has 0 radical (unpaired) electrons. The SMILES string of the molecule is Cc1cn([C@H]2C[C@H](OP(=O)(O)OC[C@H]3O[C@@H](n4ccc(N)nc4=O)C[C@@H]3OP(=O)(O)OC[C@H]3O[C@@H](n4cc(C)c(=O)[nH]c4=O)C[C@@H]3OP(=O)(O)OC[C@H]3O[C@@H](n4ccc(N)nc4=O)C[C@@H]3OP(=O)(O)OC[C@H]3O[C@@H](n4cc(C)c(=O)[nH]c4=O)C[C@@H]3OP(=O)(O)OC[C@H]3O[C@@H](n4ccc(N)nc4=O)C[C@@H]3O)[C@@H](CO[C@@H]3O[C@H](CO)[C@@H](O)[C@H](O)[C@H]3O)O2)c(=O)[nH]c1=O. The van der Waals surface area contributed by atoms with Gasteiger partial charge in [0.25, 0.3) is 16.7 Å². The number of anilines is 3. The van der Waals surface area contributed by atoms with Crippen molar-refractivity contribution in [3.63, 3.8) is 0 Å². The second-order valence-electron chi connectivity index (χ2n) is 29.4. The molecule has 5 unspecified atom stereocenters. The van der Waals surface area contributed by atoms with Gasteiger partial charge in [0.1, 0.15) is 146 Å². The highest BCUT2D eigenvalue weighted by molar-refractivity contribution is 7.48. The number of nitrogens with one attached hydrogen (secondary N) is 3. The molecule has 57 nitrogen and oxygen atoms in total. The van der Waals surface area contributed by atoms with Gasteiger partial charge < -0.3 is 105 Å². The van der Waals surface area contributed by atoms with Crippen molar-refractivity contribution in [3.8, 4) is 0 Å². The maximum absolute atomic E-state index is 14.4. The summed E-state index contributed by atoms with van der Waals surface area (Å²) in [6, 6.07) is 3.59. The van der Waals surface area contributed by atoms with Gasteiger partial charge in [0.05, 0.1) is 52.4 Å². The van der Waals surface area contributed by atoms with Gasteiger partial charge in [0.2, 0.25) is 0 Å². The summed E-state index contributed by atoms with van der Waals surface area (Å²) in [5.74, 6) is -0.649. The average molecular weight is 1880 g/mol. The van der Waals surface area contributed by atoms with Crippen LogP contribution in [-0.2, 0) is 106 Å². The maximum atomic E-state index is 14.4. The van der Waals surface area contributed by atoms with Crippen molar-refractivity contribution in [2.24, 2.45) is 0 Å². The summed E-state index contributed by atoms with van der Waals surface area (Å²) in [7, 11) is -27.9. The Morgan fingerprint density at radius 3 is 0.928 bits per heavy atom. The zero-order valence-corrected chi connectivity index (χ0v) is 69.7. The standard InChI is InChI=1S/C63H86N15O42P5/c1-26-16-76(61(90)70-54(26)84)48-13-30(37(110-48)20-103-57-53(83)52(82)51(81)35(19-79)115-57)116-122(95,96)105-22-38-31(11-46(111-38)74-8-5-43(65)68-59(74)88)117-124(99,100)108-25-41-34(15-50(114-41)78-18-28(3)56(86)72-63(78)92)120-125(101,102)106-23-39-32(12-47(112-39)75-9-6-44(66)69-60(75)89)118-123(97,98)107-24-40-33(14-49(113-40)77-17-27(2)55(85)71-62(77)91)119-121(93,94)104-21-36-29(80)10-45(109-36)73-7-4-42(64)67-58(73)87/h4-9,16-18,29-41,45-53,57,79-83H,10-15,19-25H2,1-3H3,(H,93,94)(H,95,96)(H,97,98)(H,99,100)(H,101,102)(H2,64,67,87)(H2,65,68,88)(H2,66,69,89)(H,70,84,90)(H,71,85,91)(H,72,86,92)/t29-,30-,31-,32-,33-,34-,35+,36+,37+,38+,39+,40+,41+,45+,46+,47+,48+,49+,50+,51+,52-,53+,57+/m0/s1. The van der Waals surface area contributed by atoms with Crippen LogP contribution in [0.2, 0.25) is 0 Å². The van der Waals surface area contributed by atoms with Crippen molar-refractivity contribution >= 4 is 56.6 Å². The number of aromatic amines is 3. The first-order valence-corrected chi connectivity index (χ1v) is 45.1. The molecule has 6 aromatic rings. The van der Waals surface area contributed by atoms with E-state index >= 15 is 0 Å². The Balaban J connectivity index is 0.692. The van der Waals surface area contributed by atoms with Crippen LogP contribution in [0.25, 0.3) is 0 Å². The molecule has 13 rings (SSSR count). The van der Waals surface area contributed by atoms with E-state index in [-0.39, 0.29) is 40.6 Å². The van der Waals surface area contributed by atoms with Crippen LogP contribution in [0.4, 0.5) is 17.5 Å². The van der Waals surface area contributed by atoms with E-state index in [1.54, 1.807) is 0 Å². The molecule has 7 aliphatic rings. The van der Waals surface area contributed by atoms with Crippen LogP contribution >= 0.6 is 39.1 Å². The van der Waals surface area contributed by atoms with E-state index < -0.39 is 310 Å². The van der Waals surface area contributed by atoms with E-state index in [1.807, 2.05) is 4.98 Å². The zero-order valence-electron chi connectivity index (χ0n) is 65.2. The number of aryl methyl sites for hydroxylation is 3. The first-order chi connectivity index (χ1) is 58.8. The van der Waals surface area contributed by atoms with E-state index in [0.29, 0.717) is 0 Å². The van der Waals surface area contributed by atoms with Crippen molar-refractivity contribution in [3.05, 3.63) is 166 Å². The van der Waals surface area contributed by atoms with Crippen LogP contribution in [0, 0.1) is 20.8 Å². The topological polar surface area (TPSA) is 801 Å². The Morgan fingerprint density at radius 1 is 0.376 bits per heavy atom. The fraction of sp³-hybridized carbons (Fsp3) is 0.619. The van der Waals surface area contributed by atoms with Crippen LogP contribution in [-0.4, -0.2) is 258 Å². The van der Waals surface area contributed by atoms with Gasteiger partial charge in [-0.15, -0.1) is 0 Å². The fourth-order valence-corrected chi connectivity index (χ4v) is 19.1. The van der Waals surface area contributed by atoms with Gasteiger partial charge in [-0.25, -0.2) is 51.6 Å². The van der Waals surface area contributed by atoms with E-state index in [4.69, 9.17) is 100 Å². The van der Waals surface area contributed by atoms with Gasteiger partial charge in [-0.3, -0.25) is 102 Å². The van der Waals surface area contributed by atoms with Crippen LogP contribution in [0.3, 0.4) is 0 Å². The first kappa shape index (κ1) is 94.7. The van der Waals surface area contributed by atoms with Gasteiger partial charge in [0.15, 0.2) is 6.29 Å². The number of H-pyrrole nitrogens is 3. The van der Waals surface area contributed by atoms with E-state index in [1.165, 1.54) is 33.0 Å². The van der Waals surface area contributed by atoms with Crippen molar-refractivity contribution in [1.29, 1.82) is 0 Å². The number of nitrogen functional groups attached to an aromatic ring is 3. The lowest BCUT2D eigenvalue weighted by atomic mass is 9.99. The minimum Gasteiger partial charge on any atom is -0.394 e. The van der Waals surface area contributed by atoms with Gasteiger partial charge in [-0.1, -0.05) is 0 Å². The third kappa shape index (κ3) is 22.9. The third-order valence-electron chi connectivity index (χ3n) is 20.6. The largest absolute Gasteiger partial charge is 0.472 e. The predicted octanol–water partition coefficient (Wildman–Crippen LogP) is -5.51.